The van der Waals surface area contributed by atoms with Crippen LogP contribution in [0, 0.1) is 6.92 Å². The molecule has 12 heteroatoms. The summed E-state index contributed by atoms with van der Waals surface area (Å²) in [6.45, 7) is 1.75. The summed E-state index contributed by atoms with van der Waals surface area (Å²) in [6.07, 6.45) is 2.28. The molecule has 2 heterocycles. The maximum absolute atomic E-state index is 11.9. The molecule has 0 aliphatic rings. The zero-order valence-electron chi connectivity index (χ0n) is 12.1. The van der Waals surface area contributed by atoms with Crippen LogP contribution in [-0.2, 0) is 19.9 Å². The third-order valence-electron chi connectivity index (χ3n) is 2.55. The number of nitrogens with two attached hydrogens (primary N) is 1. The number of anilines is 2. The summed E-state index contributed by atoms with van der Waals surface area (Å²) in [5, 5.41) is -0.778. The van der Waals surface area contributed by atoms with E-state index in [0.717, 1.165) is 11.1 Å². The Bertz CT molecular complexity index is 954. The maximum Gasteiger partial charge on any atom is 0.247 e. The van der Waals surface area contributed by atoms with Crippen LogP contribution in [0.2, 0.25) is 5.15 Å². The Balaban J connectivity index is 2.41. The van der Waals surface area contributed by atoms with Crippen molar-refractivity contribution >= 4 is 53.6 Å². The number of sulfone groups is 1. The first-order valence-corrected chi connectivity index (χ1v) is 10.9. The quantitative estimate of drug-likeness (QED) is 0.731. The Kier molecular flexibility index (Phi) is 4.85. The predicted octanol–water partition coefficient (Wildman–Crippen LogP) is 1.49. The van der Waals surface area contributed by atoms with Crippen molar-refractivity contribution in [3.8, 4) is 10.4 Å². The average molecular weight is 397 g/mol. The summed E-state index contributed by atoms with van der Waals surface area (Å²) in [5.41, 5.74) is 6.86. The second-order valence-corrected chi connectivity index (χ2v) is 10.4. The molecular formula is C11H13ClN4O4S3. The van der Waals surface area contributed by atoms with Crippen LogP contribution in [0.15, 0.2) is 12.3 Å². The van der Waals surface area contributed by atoms with Gasteiger partial charge in [0.25, 0.3) is 0 Å². The van der Waals surface area contributed by atoms with Gasteiger partial charge in [-0.3, -0.25) is 4.72 Å². The molecule has 0 spiro atoms. The van der Waals surface area contributed by atoms with E-state index in [1.807, 2.05) is 0 Å². The van der Waals surface area contributed by atoms with Gasteiger partial charge in [0.05, 0.1) is 16.3 Å². The van der Waals surface area contributed by atoms with E-state index < -0.39 is 24.9 Å². The first kappa shape index (κ1) is 17.9. The lowest BCUT2D eigenvalue weighted by atomic mass is 10.2. The van der Waals surface area contributed by atoms with Crippen LogP contribution in [-0.4, -0.2) is 38.1 Å². The number of sulfonamides is 1. The summed E-state index contributed by atoms with van der Waals surface area (Å²) < 4.78 is 48.2. The molecule has 0 aliphatic heterocycles. The lowest BCUT2D eigenvalue weighted by Crippen LogP contribution is -2.22. The average Bonchev–Trinajstić information content (AvgIpc) is 2.68. The summed E-state index contributed by atoms with van der Waals surface area (Å²) >= 11 is 7.10. The lowest BCUT2D eigenvalue weighted by Gasteiger charge is -2.09. The molecule has 0 aliphatic carbocycles. The fraction of sp³-hybridized carbons (Fsp3) is 0.273. The molecule has 126 valence electrons. The van der Waals surface area contributed by atoms with Gasteiger partial charge in [0.2, 0.25) is 10.0 Å². The molecule has 2 aromatic rings. The summed E-state index contributed by atoms with van der Waals surface area (Å²) in [5.74, 6) is 0. The number of thiazole rings is 1. The van der Waals surface area contributed by atoms with E-state index in [1.165, 1.54) is 23.6 Å². The highest BCUT2D eigenvalue weighted by molar-refractivity contribution is 8.08. The van der Waals surface area contributed by atoms with Crippen LogP contribution in [0.25, 0.3) is 10.4 Å². The van der Waals surface area contributed by atoms with Gasteiger partial charge in [-0.25, -0.2) is 26.8 Å². The van der Waals surface area contributed by atoms with E-state index in [4.69, 9.17) is 17.3 Å². The number of hydrogen-bond acceptors (Lipinski definition) is 8. The van der Waals surface area contributed by atoms with Crippen LogP contribution in [0.4, 0.5) is 10.8 Å². The number of pyridine rings is 1. The van der Waals surface area contributed by atoms with Crippen molar-refractivity contribution in [2.24, 2.45) is 0 Å². The number of halogens is 1. The molecule has 0 unspecified atom stereocenters. The number of nitrogens with one attached hydrogen (secondary N) is 1. The number of aryl methyl sites for hydroxylation is 1. The molecule has 3 N–H and O–H groups in total. The van der Waals surface area contributed by atoms with Crippen molar-refractivity contribution in [1.29, 1.82) is 0 Å². The van der Waals surface area contributed by atoms with Gasteiger partial charge in [-0.15, -0.1) is 0 Å². The molecule has 0 fully saturated rings. The monoisotopic (exact) mass is 396 g/mol. The fourth-order valence-corrected chi connectivity index (χ4v) is 5.81. The van der Waals surface area contributed by atoms with E-state index in [2.05, 4.69) is 14.7 Å². The first-order valence-electron chi connectivity index (χ1n) is 6.04. The van der Waals surface area contributed by atoms with Crippen molar-refractivity contribution in [1.82, 2.24) is 9.97 Å². The molecule has 0 bridgehead atoms. The van der Waals surface area contributed by atoms with Crippen LogP contribution < -0.4 is 10.5 Å². The van der Waals surface area contributed by atoms with E-state index in [1.54, 1.807) is 6.92 Å². The highest BCUT2D eigenvalue weighted by atomic mass is 35.5. The van der Waals surface area contributed by atoms with Gasteiger partial charge in [0.1, 0.15) is 0 Å². The minimum Gasteiger partial charge on any atom is -0.375 e. The van der Waals surface area contributed by atoms with Crippen LogP contribution >= 0.6 is 22.9 Å². The molecule has 23 heavy (non-hydrogen) atoms. The van der Waals surface area contributed by atoms with Gasteiger partial charge >= 0.3 is 0 Å². The smallest absolute Gasteiger partial charge is 0.247 e. The van der Waals surface area contributed by atoms with Gasteiger partial charge in [0, 0.05) is 18.0 Å². The third kappa shape index (κ3) is 4.77. The molecule has 2 aromatic heterocycles. The maximum atomic E-state index is 11.9. The van der Waals surface area contributed by atoms with Crippen LogP contribution in [0.3, 0.4) is 0 Å². The van der Waals surface area contributed by atoms with Crippen molar-refractivity contribution < 1.29 is 16.8 Å². The van der Waals surface area contributed by atoms with E-state index in [-0.39, 0.29) is 10.8 Å². The topological polar surface area (TPSA) is 132 Å². The Labute approximate surface area is 142 Å². The van der Waals surface area contributed by atoms with Crippen molar-refractivity contribution in [3.63, 3.8) is 0 Å². The van der Waals surface area contributed by atoms with Gasteiger partial charge in [-0.1, -0.05) is 22.9 Å². The lowest BCUT2D eigenvalue weighted by molar-refractivity contribution is 0.595. The minimum absolute atomic E-state index is 0.0146. The van der Waals surface area contributed by atoms with Crippen molar-refractivity contribution in [3.05, 3.63) is 23.1 Å². The number of aromatic nitrogens is 2. The molecule has 0 amide bonds. The van der Waals surface area contributed by atoms with Crippen LogP contribution in [0.5, 0.6) is 0 Å². The second-order valence-electron chi connectivity index (χ2n) is 4.79. The number of nitrogen functional groups attached to an aromatic ring is 1. The summed E-state index contributed by atoms with van der Waals surface area (Å²) in [6, 6.07) is 1.45. The first-order chi connectivity index (χ1) is 10.5. The molecular weight excluding hydrogens is 384 g/mol. The van der Waals surface area contributed by atoms with Gasteiger partial charge in [0.15, 0.2) is 25.2 Å². The molecule has 2 rings (SSSR count). The Hall–Kier alpha value is -1.43. The third-order valence-corrected chi connectivity index (χ3v) is 7.37. The normalized spacial score (nSPS) is 12.3. The van der Waals surface area contributed by atoms with Crippen molar-refractivity contribution in [2.45, 2.75) is 6.92 Å². The molecule has 0 atom stereocenters. The zero-order valence-corrected chi connectivity index (χ0v) is 15.3. The molecule has 8 nitrogen and oxygen atoms in total. The number of hydrogen-bond donors (Lipinski definition) is 2. The highest BCUT2D eigenvalue weighted by Gasteiger charge is 2.20. The Morgan fingerprint density at radius 1 is 1.35 bits per heavy atom. The van der Waals surface area contributed by atoms with E-state index in [9.17, 15) is 16.8 Å². The van der Waals surface area contributed by atoms with E-state index >= 15 is 0 Å². The van der Waals surface area contributed by atoms with Crippen LogP contribution in [0.1, 0.15) is 5.69 Å². The number of nitrogens with zero attached hydrogens (tertiary/aromatic N) is 2. The largest absolute Gasteiger partial charge is 0.375 e. The molecule has 0 saturated carbocycles. The van der Waals surface area contributed by atoms with E-state index in [0.29, 0.717) is 16.4 Å². The Morgan fingerprint density at radius 2 is 2.00 bits per heavy atom. The molecule has 0 saturated heterocycles. The zero-order chi connectivity index (χ0) is 17.4. The second kappa shape index (κ2) is 6.23. The highest BCUT2D eigenvalue weighted by Crippen LogP contribution is 2.34. The van der Waals surface area contributed by atoms with Crippen molar-refractivity contribution in [2.75, 3.05) is 21.8 Å². The predicted molar refractivity (Wildman–Crippen MR) is 91.8 cm³/mol. The summed E-state index contributed by atoms with van der Waals surface area (Å²) in [7, 11) is -7.84. The standard InChI is InChI=1S/C11H13ClN4O4S3/c1-6-9(21-11(13)15-6)7-3-8(10(12)14-4-7)16-23(19,20)5-22(2,17)18/h3-4,16H,5H2,1-2H3,(H2,13,15). The van der Waals surface area contributed by atoms with Gasteiger partial charge in [-0.05, 0) is 13.0 Å². The summed E-state index contributed by atoms with van der Waals surface area (Å²) in [4.78, 5) is 8.71. The molecule has 0 aromatic carbocycles. The fourth-order valence-electron chi connectivity index (χ4n) is 1.81. The van der Waals surface area contributed by atoms with Gasteiger partial charge < -0.3 is 5.73 Å². The Morgan fingerprint density at radius 3 is 2.52 bits per heavy atom. The SMILES string of the molecule is Cc1nc(N)sc1-c1cnc(Cl)c(NS(=O)(=O)CS(C)(=O)=O)c1. The molecule has 0 radical (unpaired) electrons. The van der Waals surface area contributed by atoms with Gasteiger partial charge in [-0.2, -0.15) is 0 Å². The number of rotatable bonds is 5. The minimum atomic E-state index is -4.12.